The second-order valence-corrected chi connectivity index (χ2v) is 6.88. The molecule has 0 atom stereocenters. The summed E-state index contributed by atoms with van der Waals surface area (Å²) in [6, 6.07) is 13.9. The molecule has 0 aliphatic rings. The standard InChI is InChI=1S/C21H19N3O3S/c1-25-17-8-13(9-18(26-2)21(17)27-3)24-20-10-16(22-12-23-20)15-11-28-19-7-5-4-6-14(15)19/h4-12H,1-3H3,(H,22,23,24). The second-order valence-electron chi connectivity index (χ2n) is 5.97. The van der Waals surface area contributed by atoms with Crippen LogP contribution in [-0.2, 0) is 0 Å². The maximum absolute atomic E-state index is 5.41. The van der Waals surface area contributed by atoms with Gasteiger partial charge in [0.1, 0.15) is 12.1 Å². The van der Waals surface area contributed by atoms with Gasteiger partial charge in [-0.2, -0.15) is 0 Å². The van der Waals surface area contributed by atoms with Gasteiger partial charge in [-0.1, -0.05) is 18.2 Å². The van der Waals surface area contributed by atoms with Gasteiger partial charge >= 0.3 is 0 Å². The molecule has 1 N–H and O–H groups in total. The van der Waals surface area contributed by atoms with Gasteiger partial charge in [0.25, 0.3) is 0 Å². The van der Waals surface area contributed by atoms with E-state index in [1.54, 1.807) is 39.0 Å². The molecule has 4 rings (SSSR count). The van der Waals surface area contributed by atoms with Crippen LogP contribution in [0.15, 0.2) is 54.2 Å². The summed E-state index contributed by atoms with van der Waals surface area (Å²) in [5.41, 5.74) is 2.73. The van der Waals surface area contributed by atoms with Gasteiger partial charge in [0.15, 0.2) is 11.5 Å². The van der Waals surface area contributed by atoms with Gasteiger partial charge in [0.05, 0.1) is 27.0 Å². The molecule has 0 radical (unpaired) electrons. The summed E-state index contributed by atoms with van der Waals surface area (Å²) in [6.07, 6.45) is 1.56. The van der Waals surface area contributed by atoms with Crippen LogP contribution < -0.4 is 19.5 Å². The molecule has 2 heterocycles. The number of aromatic nitrogens is 2. The van der Waals surface area contributed by atoms with Crippen molar-refractivity contribution < 1.29 is 14.2 Å². The molecule has 7 heteroatoms. The van der Waals surface area contributed by atoms with Crippen LogP contribution in [0, 0.1) is 0 Å². The number of hydrogen-bond acceptors (Lipinski definition) is 7. The van der Waals surface area contributed by atoms with Crippen LogP contribution in [0.4, 0.5) is 11.5 Å². The molecule has 0 unspecified atom stereocenters. The lowest BCUT2D eigenvalue weighted by atomic mass is 10.1. The smallest absolute Gasteiger partial charge is 0.203 e. The minimum absolute atomic E-state index is 0.545. The molecule has 0 aliphatic heterocycles. The first-order valence-corrected chi connectivity index (χ1v) is 9.47. The van der Waals surface area contributed by atoms with E-state index in [0.29, 0.717) is 23.1 Å². The van der Waals surface area contributed by atoms with Crippen LogP contribution in [0.5, 0.6) is 17.2 Å². The molecule has 0 saturated heterocycles. The fraction of sp³-hybridized carbons (Fsp3) is 0.143. The van der Waals surface area contributed by atoms with Crippen LogP contribution in [0.1, 0.15) is 0 Å². The fourth-order valence-corrected chi connectivity index (χ4v) is 4.00. The monoisotopic (exact) mass is 393 g/mol. The van der Waals surface area contributed by atoms with Crippen LogP contribution in [0.3, 0.4) is 0 Å². The second kappa shape index (κ2) is 7.74. The predicted octanol–water partition coefficient (Wildman–Crippen LogP) is 5.13. The minimum Gasteiger partial charge on any atom is -0.493 e. The van der Waals surface area contributed by atoms with Gasteiger partial charge < -0.3 is 19.5 Å². The van der Waals surface area contributed by atoms with Gasteiger partial charge in [-0.3, -0.25) is 0 Å². The summed E-state index contributed by atoms with van der Waals surface area (Å²) in [5.74, 6) is 2.36. The summed E-state index contributed by atoms with van der Waals surface area (Å²) in [4.78, 5) is 8.80. The number of rotatable bonds is 6. The zero-order valence-corrected chi connectivity index (χ0v) is 16.5. The number of nitrogens with one attached hydrogen (secondary N) is 1. The molecule has 0 saturated carbocycles. The highest BCUT2D eigenvalue weighted by molar-refractivity contribution is 7.17. The van der Waals surface area contributed by atoms with Crippen LogP contribution in [0.25, 0.3) is 21.3 Å². The molecule has 2 aromatic carbocycles. The molecule has 0 fully saturated rings. The number of hydrogen-bond donors (Lipinski definition) is 1. The molecule has 28 heavy (non-hydrogen) atoms. The van der Waals surface area contributed by atoms with E-state index in [1.807, 2.05) is 30.3 Å². The van der Waals surface area contributed by atoms with Crippen molar-refractivity contribution in [3.8, 4) is 28.5 Å². The summed E-state index contributed by atoms with van der Waals surface area (Å²) in [6.45, 7) is 0. The van der Waals surface area contributed by atoms with E-state index in [1.165, 1.54) is 10.1 Å². The molecule has 2 aromatic heterocycles. The van der Waals surface area contributed by atoms with E-state index in [-0.39, 0.29) is 0 Å². The van der Waals surface area contributed by atoms with E-state index in [4.69, 9.17) is 14.2 Å². The molecular formula is C21H19N3O3S. The molecular weight excluding hydrogens is 374 g/mol. The maximum Gasteiger partial charge on any atom is 0.203 e. The number of anilines is 2. The average molecular weight is 393 g/mol. The number of nitrogens with zero attached hydrogens (tertiary/aromatic N) is 2. The normalized spacial score (nSPS) is 10.7. The van der Waals surface area contributed by atoms with E-state index < -0.39 is 0 Å². The molecule has 4 aromatic rings. The van der Waals surface area contributed by atoms with E-state index in [2.05, 4.69) is 32.8 Å². The lowest BCUT2D eigenvalue weighted by molar-refractivity contribution is 0.324. The zero-order valence-electron chi connectivity index (χ0n) is 15.7. The SMILES string of the molecule is COc1cc(Nc2cc(-c3csc4ccccc34)ncn2)cc(OC)c1OC. The highest BCUT2D eigenvalue weighted by Gasteiger charge is 2.14. The molecule has 142 valence electrons. The Morgan fingerprint density at radius 2 is 1.64 bits per heavy atom. The Morgan fingerprint density at radius 1 is 0.893 bits per heavy atom. The minimum atomic E-state index is 0.545. The third-order valence-corrected chi connectivity index (χ3v) is 5.32. The topological polar surface area (TPSA) is 65.5 Å². The lowest BCUT2D eigenvalue weighted by Crippen LogP contribution is -1.99. The van der Waals surface area contributed by atoms with Gasteiger partial charge in [-0.25, -0.2) is 9.97 Å². The zero-order chi connectivity index (χ0) is 19.5. The Morgan fingerprint density at radius 3 is 2.36 bits per heavy atom. The maximum atomic E-state index is 5.41. The molecule has 6 nitrogen and oxygen atoms in total. The first-order chi connectivity index (χ1) is 13.7. The summed E-state index contributed by atoms with van der Waals surface area (Å²) >= 11 is 1.70. The number of ether oxygens (including phenoxy) is 3. The van der Waals surface area contributed by atoms with Gasteiger partial charge in [-0.05, 0) is 6.07 Å². The van der Waals surface area contributed by atoms with E-state index >= 15 is 0 Å². The lowest BCUT2D eigenvalue weighted by Gasteiger charge is -2.15. The van der Waals surface area contributed by atoms with Crippen molar-refractivity contribution in [3.05, 3.63) is 54.2 Å². The molecule has 0 spiro atoms. The first kappa shape index (κ1) is 18.1. The Bertz CT molecular complexity index is 1100. The predicted molar refractivity (Wildman–Crippen MR) is 112 cm³/mol. The molecule has 0 bridgehead atoms. The van der Waals surface area contributed by atoms with Crippen molar-refractivity contribution in [2.24, 2.45) is 0 Å². The summed E-state index contributed by atoms with van der Waals surface area (Å²) < 4.78 is 17.4. The summed E-state index contributed by atoms with van der Waals surface area (Å²) in [5, 5.41) is 6.60. The number of thiophene rings is 1. The Kier molecular flexibility index (Phi) is 4.99. The number of methoxy groups -OCH3 is 3. The van der Waals surface area contributed by atoms with Gasteiger partial charge in [0, 0.05) is 44.9 Å². The van der Waals surface area contributed by atoms with Crippen molar-refractivity contribution in [2.75, 3.05) is 26.6 Å². The average Bonchev–Trinajstić information content (AvgIpc) is 3.17. The van der Waals surface area contributed by atoms with E-state index in [9.17, 15) is 0 Å². The van der Waals surface area contributed by atoms with Crippen molar-refractivity contribution in [3.63, 3.8) is 0 Å². The summed E-state index contributed by atoms with van der Waals surface area (Å²) in [7, 11) is 4.76. The highest BCUT2D eigenvalue weighted by Crippen LogP contribution is 2.40. The van der Waals surface area contributed by atoms with Crippen LogP contribution in [0.2, 0.25) is 0 Å². The van der Waals surface area contributed by atoms with Crippen molar-refractivity contribution in [2.45, 2.75) is 0 Å². The largest absolute Gasteiger partial charge is 0.493 e. The quantitative estimate of drug-likeness (QED) is 0.490. The van der Waals surface area contributed by atoms with E-state index in [0.717, 1.165) is 16.9 Å². The number of benzene rings is 2. The van der Waals surface area contributed by atoms with Gasteiger partial charge in [0.2, 0.25) is 5.75 Å². The molecule has 0 amide bonds. The first-order valence-electron chi connectivity index (χ1n) is 8.59. The van der Waals surface area contributed by atoms with Crippen LogP contribution >= 0.6 is 11.3 Å². The Labute approximate surface area is 166 Å². The number of fused-ring (bicyclic) bond motifs is 1. The molecule has 0 aliphatic carbocycles. The third kappa shape index (κ3) is 3.32. The fourth-order valence-electron chi connectivity index (χ4n) is 3.05. The Balaban J connectivity index is 1.69. The third-order valence-electron chi connectivity index (χ3n) is 4.36. The van der Waals surface area contributed by atoms with Crippen molar-refractivity contribution >= 4 is 32.9 Å². The van der Waals surface area contributed by atoms with Crippen molar-refractivity contribution in [1.82, 2.24) is 9.97 Å². The highest BCUT2D eigenvalue weighted by atomic mass is 32.1. The Hall–Kier alpha value is -3.32. The van der Waals surface area contributed by atoms with Crippen LogP contribution in [-0.4, -0.2) is 31.3 Å². The van der Waals surface area contributed by atoms with Gasteiger partial charge in [-0.15, -0.1) is 11.3 Å². The van der Waals surface area contributed by atoms with Crippen molar-refractivity contribution in [1.29, 1.82) is 0 Å².